The Morgan fingerprint density at radius 3 is 1.62 bits per heavy atom. The molecule has 1 unspecified atom stereocenters. The van der Waals surface area contributed by atoms with Gasteiger partial charge in [-0.15, -0.1) is 0 Å². The summed E-state index contributed by atoms with van der Waals surface area (Å²) in [6, 6.07) is 0. The fraction of sp³-hybridized carbons (Fsp3) is 0.864. The van der Waals surface area contributed by atoms with Crippen molar-refractivity contribution >= 4 is 19.8 Å². The lowest BCUT2D eigenvalue weighted by molar-refractivity contribution is -0.161. The van der Waals surface area contributed by atoms with Gasteiger partial charge in [-0.3, -0.25) is 33.0 Å². The van der Waals surface area contributed by atoms with Crippen molar-refractivity contribution in [2.75, 3.05) is 19.8 Å². The minimum Gasteiger partial charge on any atom is -0.462 e. The number of aromatic amines is 1. The number of esters is 2. The number of hydrogen-bond donors (Lipinski definition) is 4. The van der Waals surface area contributed by atoms with E-state index in [2.05, 4.69) is 13.8 Å². The van der Waals surface area contributed by atoms with Gasteiger partial charge in [0.05, 0.1) is 19.4 Å². The summed E-state index contributed by atoms with van der Waals surface area (Å²) in [6.07, 6.45) is 23.0. The van der Waals surface area contributed by atoms with Crippen LogP contribution in [-0.2, 0) is 37.4 Å². The number of aromatic nitrogens is 2. The van der Waals surface area contributed by atoms with Crippen LogP contribution in [0.3, 0.4) is 0 Å². The van der Waals surface area contributed by atoms with Crippen LogP contribution in [-0.4, -0.2) is 80.8 Å². The molecule has 61 heavy (non-hydrogen) atoms. The Morgan fingerprint density at radius 2 is 1.15 bits per heavy atom. The van der Waals surface area contributed by atoms with Gasteiger partial charge >= 0.3 is 25.5 Å². The standard InChI is InChI=1S/C44H78FN2O13P/c1-3-5-7-9-11-13-15-17-19-21-23-25-27-29-38(48)56-32-35(59-39(49)30-28-26-24-22-20-18-16-14-12-10-8-6-4-2)33-57-61(54,55)58-34-37-40(50)41(51)43(60-37)47-31-36(45)42(52)46-44(47)53/h31,35,37,40-41,43,50-51H,3-30,32-34H2,1-2H3,(H,54,55)(H,46,52,53)/t35-,37+,40+,41+,43+/m0/s1. The van der Waals surface area contributed by atoms with E-state index in [-0.39, 0.29) is 12.8 Å². The highest BCUT2D eigenvalue weighted by Gasteiger charge is 2.45. The van der Waals surface area contributed by atoms with Crippen molar-refractivity contribution in [3.05, 3.63) is 32.9 Å². The molecular weight excluding hydrogens is 814 g/mol. The van der Waals surface area contributed by atoms with E-state index in [1.54, 1.807) is 4.98 Å². The van der Waals surface area contributed by atoms with Crippen LogP contribution in [0.25, 0.3) is 0 Å². The lowest BCUT2D eigenvalue weighted by Crippen LogP contribution is -2.38. The number of aliphatic hydroxyl groups is 2. The minimum atomic E-state index is -4.93. The molecule has 0 aliphatic carbocycles. The van der Waals surface area contributed by atoms with Crippen LogP contribution in [0.1, 0.15) is 200 Å². The van der Waals surface area contributed by atoms with E-state index >= 15 is 0 Å². The molecule has 0 aromatic carbocycles. The van der Waals surface area contributed by atoms with Gasteiger partial charge in [-0.2, -0.15) is 4.39 Å². The van der Waals surface area contributed by atoms with Gasteiger partial charge in [0.1, 0.15) is 24.9 Å². The summed E-state index contributed by atoms with van der Waals surface area (Å²) in [5.41, 5.74) is -2.42. The molecule has 15 nitrogen and oxygen atoms in total. The van der Waals surface area contributed by atoms with Gasteiger partial charge in [-0.1, -0.05) is 168 Å². The van der Waals surface area contributed by atoms with E-state index in [0.717, 1.165) is 44.9 Å². The molecule has 354 valence electrons. The van der Waals surface area contributed by atoms with Crippen molar-refractivity contribution in [3.63, 3.8) is 0 Å². The summed E-state index contributed by atoms with van der Waals surface area (Å²) < 4.78 is 53.6. The number of hydrogen-bond acceptors (Lipinski definition) is 12. The highest BCUT2D eigenvalue weighted by atomic mass is 31.2. The minimum absolute atomic E-state index is 0.108. The molecular formula is C44H78FN2O13P. The third-order valence-electron chi connectivity index (χ3n) is 11.1. The Hall–Kier alpha value is -2.46. The first-order valence-electron chi connectivity index (χ1n) is 23.4. The van der Waals surface area contributed by atoms with Crippen molar-refractivity contribution in [1.29, 1.82) is 0 Å². The molecule has 0 saturated carbocycles. The number of rotatable bonds is 38. The molecule has 1 aromatic heterocycles. The molecule has 0 amide bonds. The highest BCUT2D eigenvalue weighted by molar-refractivity contribution is 7.47. The first-order valence-corrected chi connectivity index (χ1v) is 24.9. The molecule has 0 spiro atoms. The topological polar surface area (TPSA) is 213 Å². The van der Waals surface area contributed by atoms with Crippen molar-refractivity contribution in [2.24, 2.45) is 0 Å². The van der Waals surface area contributed by atoms with E-state index in [1.165, 1.54) is 109 Å². The third-order valence-corrected chi connectivity index (χ3v) is 12.0. The second-order valence-electron chi connectivity index (χ2n) is 16.5. The van der Waals surface area contributed by atoms with Crippen LogP contribution in [0.15, 0.2) is 15.8 Å². The predicted molar refractivity (Wildman–Crippen MR) is 230 cm³/mol. The van der Waals surface area contributed by atoms with Crippen molar-refractivity contribution in [2.45, 2.75) is 224 Å². The molecule has 0 radical (unpaired) electrons. The maximum Gasteiger partial charge on any atom is 0.472 e. The molecule has 2 rings (SSSR count). The first-order chi connectivity index (χ1) is 29.4. The summed E-state index contributed by atoms with van der Waals surface area (Å²) in [6.45, 7) is 2.54. The highest BCUT2D eigenvalue weighted by Crippen LogP contribution is 2.44. The first kappa shape index (κ1) is 54.7. The van der Waals surface area contributed by atoms with Crippen molar-refractivity contribution in [3.8, 4) is 0 Å². The van der Waals surface area contributed by atoms with Crippen LogP contribution in [0.4, 0.5) is 4.39 Å². The smallest absolute Gasteiger partial charge is 0.462 e. The van der Waals surface area contributed by atoms with Gasteiger partial charge in [-0.05, 0) is 12.8 Å². The van der Waals surface area contributed by atoms with Gasteiger partial charge < -0.3 is 29.3 Å². The molecule has 4 N–H and O–H groups in total. The van der Waals surface area contributed by atoms with E-state index < -0.39 is 87.3 Å². The lowest BCUT2D eigenvalue weighted by Gasteiger charge is -2.21. The number of phosphoric ester groups is 1. The Morgan fingerprint density at radius 1 is 0.705 bits per heavy atom. The summed E-state index contributed by atoms with van der Waals surface area (Å²) in [5, 5.41) is 20.9. The molecule has 1 saturated heterocycles. The normalized spacial score (nSPS) is 19.2. The number of H-pyrrole nitrogens is 1. The molecule has 1 aromatic rings. The molecule has 17 heteroatoms. The second-order valence-corrected chi connectivity index (χ2v) is 18.0. The van der Waals surface area contributed by atoms with Crippen LogP contribution in [0.5, 0.6) is 0 Å². The zero-order valence-electron chi connectivity index (χ0n) is 37.1. The fourth-order valence-corrected chi connectivity index (χ4v) is 8.09. The van der Waals surface area contributed by atoms with Gasteiger partial charge in [-0.25, -0.2) is 9.36 Å². The molecule has 1 fully saturated rings. The van der Waals surface area contributed by atoms with Gasteiger partial charge in [0.15, 0.2) is 12.3 Å². The predicted octanol–water partition coefficient (Wildman–Crippen LogP) is 8.85. The molecule has 1 aliphatic heterocycles. The van der Waals surface area contributed by atoms with Crippen LogP contribution in [0.2, 0.25) is 0 Å². The van der Waals surface area contributed by atoms with Crippen LogP contribution >= 0.6 is 7.82 Å². The second kappa shape index (κ2) is 33.1. The monoisotopic (exact) mass is 893 g/mol. The Balaban J connectivity index is 1.79. The maximum atomic E-state index is 13.8. The van der Waals surface area contributed by atoms with Gasteiger partial charge in [0, 0.05) is 12.8 Å². The molecule has 6 atom stereocenters. The maximum absolute atomic E-state index is 13.8. The number of carbonyl (C=O) groups excluding carboxylic acids is 2. The number of nitrogens with zero attached hydrogens (tertiary/aromatic N) is 1. The largest absolute Gasteiger partial charge is 0.472 e. The number of carbonyl (C=O) groups is 2. The number of ether oxygens (including phenoxy) is 3. The molecule has 1 aliphatic rings. The van der Waals surface area contributed by atoms with E-state index in [1.807, 2.05) is 0 Å². The summed E-state index contributed by atoms with van der Waals surface area (Å²) in [7, 11) is -4.93. The van der Waals surface area contributed by atoms with Crippen LogP contribution < -0.4 is 11.2 Å². The Kier molecular flexibility index (Phi) is 29.7. The summed E-state index contributed by atoms with van der Waals surface area (Å²) >= 11 is 0. The van der Waals surface area contributed by atoms with Crippen molar-refractivity contribution < 1.29 is 56.9 Å². The fourth-order valence-electron chi connectivity index (χ4n) is 7.32. The van der Waals surface area contributed by atoms with E-state index in [4.69, 9.17) is 23.3 Å². The average molecular weight is 893 g/mol. The quantitative estimate of drug-likeness (QED) is 0.0278. The summed E-state index contributed by atoms with van der Waals surface area (Å²) in [5.74, 6) is -2.41. The number of halogens is 1. The number of phosphoric acid groups is 1. The SMILES string of the molecule is CCCCCCCCCCCCCCCC(=O)OC[C@@H](COP(=O)(O)OC[C@H]1O[C@@H](n2cc(F)c(=O)[nH]c2=O)[C@H](O)[C@@H]1O)OC(=O)CCCCCCCCCCCCCCC. The average Bonchev–Trinajstić information content (AvgIpc) is 3.51. The number of nitrogens with one attached hydrogen (secondary N) is 1. The number of aliphatic hydroxyl groups excluding tert-OH is 2. The zero-order chi connectivity index (χ0) is 44.7. The van der Waals surface area contributed by atoms with Gasteiger partial charge in [0.25, 0.3) is 5.56 Å². The van der Waals surface area contributed by atoms with E-state index in [9.17, 15) is 43.2 Å². The van der Waals surface area contributed by atoms with Gasteiger partial charge in [0.2, 0.25) is 5.82 Å². The molecule has 2 heterocycles. The van der Waals surface area contributed by atoms with Crippen LogP contribution in [0, 0.1) is 5.82 Å². The summed E-state index contributed by atoms with van der Waals surface area (Å²) in [4.78, 5) is 61.1. The zero-order valence-corrected chi connectivity index (χ0v) is 38.0. The Labute approximate surface area is 362 Å². The molecule has 0 bridgehead atoms. The van der Waals surface area contributed by atoms with E-state index in [0.29, 0.717) is 23.6 Å². The number of unbranched alkanes of at least 4 members (excludes halogenated alkanes) is 24. The van der Waals surface area contributed by atoms with Crippen molar-refractivity contribution in [1.82, 2.24) is 9.55 Å². The Bertz CT molecular complexity index is 1490. The lowest BCUT2D eigenvalue weighted by atomic mass is 10.0. The third kappa shape index (κ3) is 24.8.